The van der Waals surface area contributed by atoms with E-state index in [1.165, 1.54) is 35.7 Å². The summed E-state index contributed by atoms with van der Waals surface area (Å²) in [6.07, 6.45) is 4.27. The van der Waals surface area contributed by atoms with Gasteiger partial charge in [-0.3, -0.25) is 9.20 Å². The van der Waals surface area contributed by atoms with Gasteiger partial charge in [0.15, 0.2) is 10.8 Å². The normalized spacial score (nSPS) is 15.2. The molecule has 0 saturated heterocycles. The molecular formula is C19H20N4OS. The Morgan fingerprint density at radius 3 is 2.80 bits per heavy atom. The standard InChI is InChI=1S/C19H20N4OS/c1-13-5-7-14(8-6-13)18(15-9-10-15)20-17(24)12-25-19-22-21-16-4-2-3-11-23(16)19/h2-8,11,15,18H,9-10,12H2,1H3,(H,20,24). The van der Waals surface area contributed by atoms with Crippen LogP contribution in [0.1, 0.15) is 30.0 Å². The summed E-state index contributed by atoms with van der Waals surface area (Å²) in [4.78, 5) is 12.5. The molecule has 1 unspecified atom stereocenters. The summed E-state index contributed by atoms with van der Waals surface area (Å²) < 4.78 is 1.90. The second-order valence-electron chi connectivity index (χ2n) is 6.49. The Morgan fingerprint density at radius 2 is 2.04 bits per heavy atom. The number of carbonyl (C=O) groups is 1. The summed E-state index contributed by atoms with van der Waals surface area (Å²) in [5.41, 5.74) is 3.22. The molecule has 6 heteroatoms. The Balaban J connectivity index is 1.41. The molecular weight excluding hydrogens is 332 g/mol. The number of fused-ring (bicyclic) bond motifs is 1. The van der Waals surface area contributed by atoms with Gasteiger partial charge in [-0.25, -0.2) is 0 Å². The first-order valence-corrected chi connectivity index (χ1v) is 9.48. The summed E-state index contributed by atoms with van der Waals surface area (Å²) in [5.74, 6) is 0.936. The van der Waals surface area contributed by atoms with Crippen molar-refractivity contribution in [2.45, 2.75) is 31.0 Å². The van der Waals surface area contributed by atoms with Crippen LogP contribution in [0, 0.1) is 12.8 Å². The first-order valence-electron chi connectivity index (χ1n) is 8.49. The molecule has 0 aliphatic heterocycles. The maximum atomic E-state index is 12.5. The fraction of sp³-hybridized carbons (Fsp3) is 0.316. The molecule has 1 amide bonds. The molecule has 1 fully saturated rings. The molecule has 5 nitrogen and oxygen atoms in total. The Bertz CT molecular complexity index is 886. The smallest absolute Gasteiger partial charge is 0.230 e. The molecule has 1 atom stereocenters. The van der Waals surface area contributed by atoms with Crippen molar-refractivity contribution in [3.63, 3.8) is 0 Å². The van der Waals surface area contributed by atoms with Gasteiger partial charge in [0.25, 0.3) is 0 Å². The minimum absolute atomic E-state index is 0.0372. The molecule has 3 aromatic rings. The zero-order valence-electron chi connectivity index (χ0n) is 14.1. The van der Waals surface area contributed by atoms with Crippen LogP contribution >= 0.6 is 11.8 Å². The summed E-state index contributed by atoms with van der Waals surface area (Å²) in [6, 6.07) is 14.3. The average molecular weight is 352 g/mol. The molecule has 25 heavy (non-hydrogen) atoms. The number of hydrogen-bond donors (Lipinski definition) is 1. The van der Waals surface area contributed by atoms with E-state index in [1.807, 2.05) is 28.8 Å². The van der Waals surface area contributed by atoms with Crippen molar-refractivity contribution in [2.75, 3.05) is 5.75 Å². The largest absolute Gasteiger partial charge is 0.348 e. The molecule has 2 heterocycles. The van der Waals surface area contributed by atoms with E-state index >= 15 is 0 Å². The maximum Gasteiger partial charge on any atom is 0.230 e. The lowest BCUT2D eigenvalue weighted by Gasteiger charge is -2.19. The van der Waals surface area contributed by atoms with Crippen LogP contribution in [-0.2, 0) is 4.79 Å². The van der Waals surface area contributed by atoms with Crippen molar-refractivity contribution in [1.82, 2.24) is 19.9 Å². The second-order valence-corrected chi connectivity index (χ2v) is 7.44. The molecule has 1 aliphatic carbocycles. The molecule has 2 aromatic heterocycles. The highest BCUT2D eigenvalue weighted by Crippen LogP contribution is 2.41. The average Bonchev–Trinajstić information content (AvgIpc) is 3.39. The lowest BCUT2D eigenvalue weighted by atomic mass is 10.0. The molecule has 0 radical (unpaired) electrons. The second kappa shape index (κ2) is 6.88. The van der Waals surface area contributed by atoms with E-state index in [9.17, 15) is 4.79 Å². The minimum Gasteiger partial charge on any atom is -0.348 e. The predicted octanol–water partition coefficient (Wildman–Crippen LogP) is 3.40. The minimum atomic E-state index is 0.0372. The summed E-state index contributed by atoms with van der Waals surface area (Å²) in [7, 11) is 0. The number of hydrogen-bond acceptors (Lipinski definition) is 4. The first-order chi connectivity index (χ1) is 12.2. The third-order valence-electron chi connectivity index (χ3n) is 4.46. The number of rotatable bonds is 6. The van der Waals surface area contributed by atoms with Gasteiger partial charge in [0, 0.05) is 6.20 Å². The van der Waals surface area contributed by atoms with Gasteiger partial charge < -0.3 is 5.32 Å². The van der Waals surface area contributed by atoms with Crippen molar-refractivity contribution in [1.29, 1.82) is 0 Å². The van der Waals surface area contributed by atoms with Crippen molar-refractivity contribution in [3.05, 3.63) is 59.8 Å². The summed E-state index contributed by atoms with van der Waals surface area (Å²) in [6.45, 7) is 2.08. The monoisotopic (exact) mass is 352 g/mol. The lowest BCUT2D eigenvalue weighted by molar-refractivity contribution is -0.119. The fourth-order valence-corrected chi connectivity index (χ4v) is 3.68. The number of thioether (sulfide) groups is 1. The van der Waals surface area contributed by atoms with E-state index in [2.05, 4.69) is 46.7 Å². The summed E-state index contributed by atoms with van der Waals surface area (Å²) in [5, 5.41) is 12.2. The van der Waals surface area contributed by atoms with E-state index in [0.717, 1.165) is 10.8 Å². The molecule has 0 spiro atoms. The van der Waals surface area contributed by atoms with Crippen LogP contribution < -0.4 is 5.32 Å². The molecule has 128 valence electrons. The van der Waals surface area contributed by atoms with Crippen molar-refractivity contribution in [3.8, 4) is 0 Å². The number of benzene rings is 1. The van der Waals surface area contributed by atoms with Crippen molar-refractivity contribution in [2.24, 2.45) is 5.92 Å². The third kappa shape index (κ3) is 3.69. The van der Waals surface area contributed by atoms with Gasteiger partial charge in [0.05, 0.1) is 11.8 Å². The number of carbonyl (C=O) groups excluding carboxylic acids is 1. The zero-order chi connectivity index (χ0) is 17.2. The van der Waals surface area contributed by atoms with Crippen LogP contribution in [-0.4, -0.2) is 26.3 Å². The van der Waals surface area contributed by atoms with E-state index in [-0.39, 0.29) is 11.9 Å². The predicted molar refractivity (Wildman–Crippen MR) is 98.5 cm³/mol. The van der Waals surface area contributed by atoms with E-state index in [4.69, 9.17) is 0 Å². The molecule has 1 aromatic carbocycles. The number of pyridine rings is 1. The lowest BCUT2D eigenvalue weighted by Crippen LogP contribution is -2.31. The van der Waals surface area contributed by atoms with Gasteiger partial charge in [-0.1, -0.05) is 47.7 Å². The number of aromatic nitrogens is 3. The van der Waals surface area contributed by atoms with Crippen LogP contribution in [0.3, 0.4) is 0 Å². The highest BCUT2D eigenvalue weighted by atomic mass is 32.2. The van der Waals surface area contributed by atoms with Crippen LogP contribution in [0.15, 0.2) is 53.8 Å². The first kappa shape index (κ1) is 16.1. The van der Waals surface area contributed by atoms with Crippen molar-refractivity contribution < 1.29 is 4.79 Å². The van der Waals surface area contributed by atoms with Gasteiger partial charge in [-0.05, 0) is 43.4 Å². The highest BCUT2D eigenvalue weighted by molar-refractivity contribution is 7.99. The van der Waals surface area contributed by atoms with Gasteiger partial charge in [0.1, 0.15) is 0 Å². The topological polar surface area (TPSA) is 59.3 Å². The number of nitrogens with zero attached hydrogens (tertiary/aromatic N) is 3. The fourth-order valence-electron chi connectivity index (χ4n) is 2.94. The number of aryl methyl sites for hydroxylation is 1. The molecule has 0 bridgehead atoms. The van der Waals surface area contributed by atoms with E-state index in [1.54, 1.807) is 0 Å². The Labute approximate surface area is 150 Å². The number of nitrogens with one attached hydrogen (secondary N) is 1. The van der Waals surface area contributed by atoms with Crippen LogP contribution in [0.25, 0.3) is 5.65 Å². The zero-order valence-corrected chi connectivity index (χ0v) is 14.9. The third-order valence-corrected chi connectivity index (χ3v) is 5.40. The van der Waals surface area contributed by atoms with Gasteiger partial charge >= 0.3 is 0 Å². The summed E-state index contributed by atoms with van der Waals surface area (Å²) >= 11 is 1.41. The van der Waals surface area contributed by atoms with Gasteiger partial charge in [-0.2, -0.15) is 0 Å². The molecule has 1 aliphatic rings. The number of amides is 1. The molecule has 1 N–H and O–H groups in total. The Hall–Kier alpha value is -2.34. The van der Waals surface area contributed by atoms with E-state index < -0.39 is 0 Å². The van der Waals surface area contributed by atoms with Crippen LogP contribution in [0.2, 0.25) is 0 Å². The van der Waals surface area contributed by atoms with E-state index in [0.29, 0.717) is 11.7 Å². The van der Waals surface area contributed by atoms with Gasteiger partial charge in [0.2, 0.25) is 5.91 Å². The van der Waals surface area contributed by atoms with Crippen molar-refractivity contribution >= 4 is 23.3 Å². The van der Waals surface area contributed by atoms with Gasteiger partial charge in [-0.15, -0.1) is 10.2 Å². The van der Waals surface area contributed by atoms with Crippen LogP contribution in [0.5, 0.6) is 0 Å². The molecule has 4 rings (SSSR count). The quantitative estimate of drug-likeness (QED) is 0.691. The highest BCUT2D eigenvalue weighted by Gasteiger charge is 2.33. The SMILES string of the molecule is Cc1ccc(C(NC(=O)CSc2nnc3ccccn23)C2CC2)cc1. The molecule has 1 saturated carbocycles. The van der Waals surface area contributed by atoms with Crippen LogP contribution in [0.4, 0.5) is 0 Å². The maximum absolute atomic E-state index is 12.5. The Morgan fingerprint density at radius 1 is 1.24 bits per heavy atom. The Kier molecular flexibility index (Phi) is 4.44.